The number of thioether (sulfide) groups is 2. The number of nitrogens with zero attached hydrogens (tertiary/aromatic N) is 2. The van der Waals surface area contributed by atoms with Gasteiger partial charge in [-0.3, -0.25) is 4.68 Å². The van der Waals surface area contributed by atoms with E-state index in [0.29, 0.717) is 5.25 Å². The fourth-order valence-corrected chi connectivity index (χ4v) is 4.52. The molecule has 5 heteroatoms. The molecule has 3 nitrogen and oxygen atoms in total. The van der Waals surface area contributed by atoms with Crippen molar-refractivity contribution in [3.63, 3.8) is 0 Å². The summed E-state index contributed by atoms with van der Waals surface area (Å²) in [6.45, 7) is 0. The molecule has 2 rings (SSSR count). The molecule has 15 heavy (non-hydrogen) atoms. The Bertz CT molecular complexity index is 307. The maximum absolute atomic E-state index is 6.21. The first-order valence-electron chi connectivity index (χ1n) is 5.19. The summed E-state index contributed by atoms with van der Waals surface area (Å²) in [6.07, 6.45) is 2.88. The highest BCUT2D eigenvalue weighted by atomic mass is 32.2. The highest BCUT2D eigenvalue weighted by molar-refractivity contribution is 8.06. The van der Waals surface area contributed by atoms with Gasteiger partial charge in [0.05, 0.1) is 5.69 Å². The van der Waals surface area contributed by atoms with Crippen LogP contribution in [-0.2, 0) is 13.5 Å². The van der Waals surface area contributed by atoms with E-state index in [9.17, 15) is 0 Å². The molecule has 0 amide bonds. The quantitative estimate of drug-likeness (QED) is 0.864. The van der Waals surface area contributed by atoms with Crippen LogP contribution in [-0.4, -0.2) is 38.3 Å². The predicted molar refractivity (Wildman–Crippen MR) is 68.5 cm³/mol. The first-order chi connectivity index (χ1) is 7.25. The molecule has 0 spiro atoms. The molecule has 1 aromatic rings. The van der Waals surface area contributed by atoms with Gasteiger partial charge in [-0.15, -0.1) is 0 Å². The van der Waals surface area contributed by atoms with Gasteiger partial charge in [0.2, 0.25) is 0 Å². The fraction of sp³-hybridized carbons (Fsp3) is 0.700. The molecular formula is C10H17N3S2. The Morgan fingerprint density at radius 2 is 2.53 bits per heavy atom. The zero-order chi connectivity index (χ0) is 10.7. The lowest BCUT2D eigenvalue weighted by Crippen LogP contribution is -2.38. The van der Waals surface area contributed by atoms with E-state index in [1.54, 1.807) is 0 Å². The van der Waals surface area contributed by atoms with Crippen molar-refractivity contribution < 1.29 is 0 Å². The third-order valence-corrected chi connectivity index (χ3v) is 5.47. The second kappa shape index (κ2) is 5.27. The zero-order valence-corrected chi connectivity index (χ0v) is 10.6. The van der Waals surface area contributed by atoms with Gasteiger partial charge in [0, 0.05) is 48.2 Å². The average Bonchev–Trinajstić information content (AvgIpc) is 2.65. The van der Waals surface area contributed by atoms with Gasteiger partial charge in [0.1, 0.15) is 0 Å². The van der Waals surface area contributed by atoms with E-state index in [2.05, 4.69) is 11.2 Å². The van der Waals surface area contributed by atoms with Crippen LogP contribution in [0.25, 0.3) is 0 Å². The third-order valence-electron chi connectivity index (χ3n) is 2.53. The molecular weight excluding hydrogens is 226 g/mol. The minimum atomic E-state index is 0.248. The predicted octanol–water partition coefficient (Wildman–Crippen LogP) is 1.14. The van der Waals surface area contributed by atoms with E-state index in [-0.39, 0.29) is 6.04 Å². The summed E-state index contributed by atoms with van der Waals surface area (Å²) in [5.74, 6) is 3.71. The lowest BCUT2D eigenvalue weighted by molar-refractivity contribution is 0.638. The SMILES string of the molecule is Cn1ccc(CC(N)C2CSCCS2)n1. The lowest BCUT2D eigenvalue weighted by Gasteiger charge is -2.26. The van der Waals surface area contributed by atoms with E-state index in [1.807, 2.05) is 41.5 Å². The molecule has 84 valence electrons. The van der Waals surface area contributed by atoms with Gasteiger partial charge in [-0.2, -0.15) is 28.6 Å². The van der Waals surface area contributed by atoms with Crippen molar-refractivity contribution in [1.82, 2.24) is 9.78 Å². The summed E-state index contributed by atoms with van der Waals surface area (Å²) in [7, 11) is 1.94. The van der Waals surface area contributed by atoms with Gasteiger partial charge in [0.25, 0.3) is 0 Å². The van der Waals surface area contributed by atoms with Gasteiger partial charge < -0.3 is 5.73 Å². The zero-order valence-electron chi connectivity index (χ0n) is 8.93. The Labute approximate surface area is 99.2 Å². The fourth-order valence-electron chi connectivity index (χ4n) is 1.70. The topological polar surface area (TPSA) is 43.8 Å². The molecule has 2 unspecified atom stereocenters. The van der Waals surface area contributed by atoms with E-state index in [1.165, 1.54) is 17.3 Å². The van der Waals surface area contributed by atoms with Crippen molar-refractivity contribution in [3.8, 4) is 0 Å². The van der Waals surface area contributed by atoms with E-state index >= 15 is 0 Å². The number of rotatable bonds is 3. The van der Waals surface area contributed by atoms with Crippen molar-refractivity contribution in [3.05, 3.63) is 18.0 Å². The Balaban J connectivity index is 1.88. The molecule has 1 saturated heterocycles. The van der Waals surface area contributed by atoms with E-state index in [4.69, 9.17) is 5.73 Å². The van der Waals surface area contributed by atoms with Crippen molar-refractivity contribution in [2.24, 2.45) is 12.8 Å². The van der Waals surface area contributed by atoms with Crippen molar-refractivity contribution >= 4 is 23.5 Å². The lowest BCUT2D eigenvalue weighted by atomic mass is 10.1. The van der Waals surface area contributed by atoms with Crippen LogP contribution in [0.4, 0.5) is 0 Å². The van der Waals surface area contributed by atoms with Crippen molar-refractivity contribution in [1.29, 1.82) is 0 Å². The molecule has 2 heterocycles. The highest BCUT2D eigenvalue weighted by Crippen LogP contribution is 2.26. The standard InChI is InChI=1S/C10H17N3S2/c1-13-3-2-8(12-13)6-9(11)10-7-14-4-5-15-10/h2-3,9-10H,4-7,11H2,1H3. The van der Waals surface area contributed by atoms with Crippen LogP contribution >= 0.6 is 23.5 Å². The Morgan fingerprint density at radius 1 is 1.67 bits per heavy atom. The monoisotopic (exact) mass is 243 g/mol. The maximum Gasteiger partial charge on any atom is 0.0640 e. The Kier molecular flexibility index (Phi) is 3.99. The number of aromatic nitrogens is 2. The van der Waals surface area contributed by atoms with Gasteiger partial charge in [-0.1, -0.05) is 0 Å². The van der Waals surface area contributed by atoms with E-state index in [0.717, 1.165) is 12.1 Å². The number of hydrogen-bond acceptors (Lipinski definition) is 4. The molecule has 1 fully saturated rings. The Hall–Kier alpha value is -0.130. The largest absolute Gasteiger partial charge is 0.326 e. The highest BCUT2D eigenvalue weighted by Gasteiger charge is 2.22. The normalized spacial score (nSPS) is 24.0. The molecule has 0 saturated carbocycles. The summed E-state index contributed by atoms with van der Waals surface area (Å²) in [6, 6.07) is 2.30. The summed E-state index contributed by atoms with van der Waals surface area (Å²) in [5.41, 5.74) is 7.32. The molecule has 1 aliphatic heterocycles. The van der Waals surface area contributed by atoms with Crippen LogP contribution < -0.4 is 5.73 Å². The smallest absolute Gasteiger partial charge is 0.0640 e. The summed E-state index contributed by atoms with van der Waals surface area (Å²) >= 11 is 4.04. The molecule has 2 atom stereocenters. The minimum Gasteiger partial charge on any atom is -0.326 e. The first kappa shape index (κ1) is 11.4. The molecule has 1 aromatic heterocycles. The van der Waals surface area contributed by atoms with Gasteiger partial charge in [-0.05, 0) is 6.07 Å². The molecule has 2 N–H and O–H groups in total. The molecule has 0 aliphatic carbocycles. The maximum atomic E-state index is 6.21. The molecule has 1 aliphatic rings. The minimum absolute atomic E-state index is 0.248. The van der Waals surface area contributed by atoms with Crippen LogP contribution in [0.1, 0.15) is 5.69 Å². The van der Waals surface area contributed by atoms with Crippen LogP contribution in [0.2, 0.25) is 0 Å². The van der Waals surface area contributed by atoms with Crippen LogP contribution in [0.3, 0.4) is 0 Å². The number of aryl methyl sites for hydroxylation is 1. The van der Waals surface area contributed by atoms with Crippen LogP contribution in [0.5, 0.6) is 0 Å². The second-order valence-electron chi connectivity index (χ2n) is 3.83. The first-order valence-corrected chi connectivity index (χ1v) is 7.39. The van der Waals surface area contributed by atoms with Crippen molar-refractivity contribution in [2.45, 2.75) is 17.7 Å². The van der Waals surface area contributed by atoms with Gasteiger partial charge in [0.15, 0.2) is 0 Å². The third kappa shape index (κ3) is 3.16. The average molecular weight is 243 g/mol. The van der Waals surface area contributed by atoms with Gasteiger partial charge in [-0.25, -0.2) is 0 Å². The Morgan fingerprint density at radius 3 is 3.13 bits per heavy atom. The summed E-state index contributed by atoms with van der Waals surface area (Å²) in [5, 5.41) is 4.97. The van der Waals surface area contributed by atoms with Crippen molar-refractivity contribution in [2.75, 3.05) is 17.3 Å². The van der Waals surface area contributed by atoms with Crippen LogP contribution in [0.15, 0.2) is 12.3 Å². The molecule has 0 radical (unpaired) electrons. The number of hydrogen-bond donors (Lipinski definition) is 1. The number of nitrogens with two attached hydrogens (primary N) is 1. The molecule has 0 bridgehead atoms. The summed E-state index contributed by atoms with van der Waals surface area (Å²) in [4.78, 5) is 0. The molecule has 0 aromatic carbocycles. The van der Waals surface area contributed by atoms with Gasteiger partial charge >= 0.3 is 0 Å². The van der Waals surface area contributed by atoms with Crippen LogP contribution in [0, 0.1) is 0 Å². The van der Waals surface area contributed by atoms with E-state index < -0.39 is 0 Å². The summed E-state index contributed by atoms with van der Waals surface area (Å²) < 4.78 is 1.84. The second-order valence-corrected chi connectivity index (χ2v) is 6.33.